The largest absolute Gasteiger partial charge is 0.573 e. The molecular formula is C12H14F3N3O2. The van der Waals surface area contributed by atoms with E-state index in [1.54, 1.807) is 4.90 Å². The van der Waals surface area contributed by atoms with E-state index in [0.29, 0.717) is 26.2 Å². The molecule has 3 N–H and O–H groups in total. The van der Waals surface area contributed by atoms with E-state index in [4.69, 9.17) is 5.73 Å². The van der Waals surface area contributed by atoms with Gasteiger partial charge in [0.05, 0.1) is 5.69 Å². The number of carbonyl (C=O) groups excluding carboxylic acids is 1. The molecule has 0 atom stereocenters. The van der Waals surface area contributed by atoms with Crippen molar-refractivity contribution in [2.24, 2.45) is 0 Å². The Morgan fingerprint density at radius 1 is 1.30 bits per heavy atom. The maximum absolute atomic E-state index is 12.2. The van der Waals surface area contributed by atoms with Crippen molar-refractivity contribution >= 4 is 11.6 Å². The molecule has 1 heterocycles. The number of nitrogens with two attached hydrogens (primary N) is 1. The van der Waals surface area contributed by atoms with Crippen LogP contribution in [0.25, 0.3) is 0 Å². The first-order valence-corrected chi connectivity index (χ1v) is 6.02. The highest BCUT2D eigenvalue weighted by Crippen LogP contribution is 2.29. The highest BCUT2D eigenvalue weighted by atomic mass is 19.4. The number of rotatable bonds is 2. The Labute approximate surface area is 113 Å². The van der Waals surface area contributed by atoms with E-state index >= 15 is 0 Å². The highest BCUT2D eigenvalue weighted by molar-refractivity contribution is 5.95. The van der Waals surface area contributed by atoms with Gasteiger partial charge in [-0.15, -0.1) is 13.2 Å². The zero-order valence-corrected chi connectivity index (χ0v) is 10.5. The number of nitrogen functional groups attached to an aromatic ring is 1. The lowest BCUT2D eigenvalue weighted by atomic mass is 10.1. The lowest BCUT2D eigenvalue weighted by molar-refractivity contribution is -0.274. The summed E-state index contributed by atoms with van der Waals surface area (Å²) in [4.78, 5) is 13.7. The monoisotopic (exact) mass is 289 g/mol. The standard InChI is InChI=1S/C12H14F3N3O2/c13-12(14,15)20-10-7-8(1-2-9(10)16)11(19)18-5-3-17-4-6-18/h1-2,7,17H,3-6,16H2. The van der Waals surface area contributed by atoms with E-state index < -0.39 is 12.1 Å². The molecule has 1 amide bonds. The van der Waals surface area contributed by atoms with Gasteiger partial charge in [-0.25, -0.2) is 0 Å². The van der Waals surface area contributed by atoms with Crippen molar-refractivity contribution in [3.8, 4) is 5.75 Å². The third kappa shape index (κ3) is 3.53. The lowest BCUT2D eigenvalue weighted by Gasteiger charge is -2.27. The Morgan fingerprint density at radius 2 is 1.95 bits per heavy atom. The van der Waals surface area contributed by atoms with Gasteiger partial charge in [-0.1, -0.05) is 0 Å². The van der Waals surface area contributed by atoms with Crippen molar-refractivity contribution in [3.63, 3.8) is 0 Å². The predicted molar refractivity (Wildman–Crippen MR) is 66.3 cm³/mol. The summed E-state index contributed by atoms with van der Waals surface area (Å²) in [5, 5.41) is 3.09. The fraction of sp³-hybridized carbons (Fsp3) is 0.417. The van der Waals surface area contributed by atoms with Crippen molar-refractivity contribution in [3.05, 3.63) is 23.8 Å². The van der Waals surface area contributed by atoms with Crippen molar-refractivity contribution in [1.82, 2.24) is 10.2 Å². The molecular weight excluding hydrogens is 275 g/mol. The molecule has 20 heavy (non-hydrogen) atoms. The third-order valence-electron chi connectivity index (χ3n) is 2.89. The Kier molecular flexibility index (Phi) is 4.03. The molecule has 0 bridgehead atoms. The molecule has 1 aliphatic rings. The van der Waals surface area contributed by atoms with Crippen molar-refractivity contribution in [2.75, 3.05) is 31.9 Å². The molecule has 0 aromatic heterocycles. The average molecular weight is 289 g/mol. The minimum absolute atomic E-state index is 0.125. The quantitative estimate of drug-likeness (QED) is 0.803. The van der Waals surface area contributed by atoms with Gasteiger partial charge < -0.3 is 20.7 Å². The molecule has 8 heteroatoms. The number of alkyl halides is 3. The zero-order chi connectivity index (χ0) is 14.8. The SMILES string of the molecule is Nc1ccc(C(=O)N2CCNCC2)cc1OC(F)(F)F. The minimum atomic E-state index is -4.84. The van der Waals surface area contributed by atoms with Crippen LogP contribution in [0.3, 0.4) is 0 Å². The Hall–Kier alpha value is -1.96. The summed E-state index contributed by atoms with van der Waals surface area (Å²) in [5.41, 5.74) is 5.37. The maximum atomic E-state index is 12.2. The number of hydrogen-bond donors (Lipinski definition) is 2. The first-order valence-electron chi connectivity index (χ1n) is 6.02. The number of anilines is 1. The highest BCUT2D eigenvalue weighted by Gasteiger charge is 2.32. The summed E-state index contributed by atoms with van der Waals surface area (Å²) < 4.78 is 40.5. The van der Waals surface area contributed by atoms with Crippen molar-refractivity contribution in [1.29, 1.82) is 0 Å². The molecule has 1 aromatic carbocycles. The number of nitrogens with one attached hydrogen (secondary N) is 1. The van der Waals surface area contributed by atoms with Crippen LogP contribution in [-0.2, 0) is 0 Å². The van der Waals surface area contributed by atoms with Gasteiger partial charge in [0, 0.05) is 31.7 Å². The summed E-state index contributed by atoms with van der Waals surface area (Å²) in [6.07, 6.45) is -4.84. The van der Waals surface area contributed by atoms with Crippen LogP contribution in [0.2, 0.25) is 0 Å². The van der Waals surface area contributed by atoms with Crippen LogP contribution in [0.4, 0.5) is 18.9 Å². The van der Waals surface area contributed by atoms with Gasteiger partial charge in [-0.05, 0) is 18.2 Å². The lowest BCUT2D eigenvalue weighted by Crippen LogP contribution is -2.46. The molecule has 0 unspecified atom stereocenters. The first kappa shape index (κ1) is 14.4. The van der Waals surface area contributed by atoms with E-state index in [1.807, 2.05) is 0 Å². The summed E-state index contributed by atoms with van der Waals surface area (Å²) in [6, 6.07) is 3.65. The fourth-order valence-corrected chi connectivity index (χ4v) is 1.93. The summed E-state index contributed by atoms with van der Waals surface area (Å²) in [6.45, 7) is 2.34. The smallest absolute Gasteiger partial charge is 0.404 e. The van der Waals surface area contributed by atoms with Crippen molar-refractivity contribution in [2.45, 2.75) is 6.36 Å². The molecule has 1 saturated heterocycles. The van der Waals surface area contributed by atoms with Gasteiger partial charge in [-0.3, -0.25) is 4.79 Å². The van der Waals surface area contributed by atoms with E-state index in [1.165, 1.54) is 12.1 Å². The second kappa shape index (κ2) is 5.58. The zero-order valence-electron chi connectivity index (χ0n) is 10.5. The van der Waals surface area contributed by atoms with E-state index in [0.717, 1.165) is 6.07 Å². The van der Waals surface area contributed by atoms with Crippen LogP contribution in [0, 0.1) is 0 Å². The molecule has 0 radical (unpaired) electrons. The number of amides is 1. The van der Waals surface area contributed by atoms with Gasteiger partial charge in [0.15, 0.2) is 5.75 Å². The van der Waals surface area contributed by atoms with Crippen LogP contribution in [0.1, 0.15) is 10.4 Å². The summed E-state index contributed by atoms with van der Waals surface area (Å²) in [7, 11) is 0. The van der Waals surface area contributed by atoms with E-state index in [-0.39, 0.29) is 17.2 Å². The van der Waals surface area contributed by atoms with Gasteiger partial charge in [0.2, 0.25) is 0 Å². The summed E-state index contributed by atoms with van der Waals surface area (Å²) in [5.74, 6) is -0.892. The van der Waals surface area contributed by atoms with E-state index in [9.17, 15) is 18.0 Å². The molecule has 0 aliphatic carbocycles. The number of nitrogens with zero attached hydrogens (tertiary/aromatic N) is 1. The van der Waals surface area contributed by atoms with Crippen LogP contribution >= 0.6 is 0 Å². The number of benzene rings is 1. The van der Waals surface area contributed by atoms with Crippen molar-refractivity contribution < 1.29 is 22.7 Å². The van der Waals surface area contributed by atoms with Gasteiger partial charge in [0.25, 0.3) is 5.91 Å². The van der Waals surface area contributed by atoms with Crippen LogP contribution in [0.5, 0.6) is 5.75 Å². The Balaban J connectivity index is 2.19. The van der Waals surface area contributed by atoms with Gasteiger partial charge in [-0.2, -0.15) is 0 Å². The Morgan fingerprint density at radius 3 is 2.55 bits per heavy atom. The summed E-state index contributed by atoms with van der Waals surface area (Å²) >= 11 is 0. The molecule has 0 saturated carbocycles. The number of ether oxygens (including phenoxy) is 1. The van der Waals surface area contributed by atoms with Crippen LogP contribution in [-0.4, -0.2) is 43.3 Å². The third-order valence-corrected chi connectivity index (χ3v) is 2.89. The molecule has 1 aliphatic heterocycles. The van der Waals surface area contributed by atoms with E-state index in [2.05, 4.69) is 10.1 Å². The van der Waals surface area contributed by atoms with Crippen LogP contribution < -0.4 is 15.8 Å². The topological polar surface area (TPSA) is 67.6 Å². The van der Waals surface area contributed by atoms with Crippen LogP contribution in [0.15, 0.2) is 18.2 Å². The molecule has 1 aromatic rings. The molecule has 2 rings (SSSR count). The number of halogens is 3. The van der Waals surface area contributed by atoms with Gasteiger partial charge in [0.1, 0.15) is 0 Å². The second-order valence-electron chi connectivity index (χ2n) is 4.34. The number of piperazine rings is 1. The minimum Gasteiger partial charge on any atom is -0.404 e. The second-order valence-corrected chi connectivity index (χ2v) is 4.34. The maximum Gasteiger partial charge on any atom is 0.573 e. The molecule has 110 valence electrons. The number of carbonyl (C=O) groups is 1. The molecule has 0 spiro atoms. The predicted octanol–water partition coefficient (Wildman–Crippen LogP) is 1.21. The molecule has 5 nitrogen and oxygen atoms in total. The molecule has 1 fully saturated rings. The fourth-order valence-electron chi connectivity index (χ4n) is 1.93. The first-order chi connectivity index (χ1) is 9.37. The normalized spacial score (nSPS) is 16.1. The van der Waals surface area contributed by atoms with Gasteiger partial charge >= 0.3 is 6.36 Å². The average Bonchev–Trinajstić information content (AvgIpc) is 2.40. The Bertz CT molecular complexity index is 499. The number of hydrogen-bond acceptors (Lipinski definition) is 4.